The Hall–Kier alpha value is -1.15. The molecule has 0 spiro atoms. The summed E-state index contributed by atoms with van der Waals surface area (Å²) < 4.78 is 31.9. The Morgan fingerprint density at radius 1 is 1.38 bits per heavy atom. The van der Waals surface area contributed by atoms with Crippen molar-refractivity contribution >= 4 is 33.4 Å². The predicted octanol–water partition coefficient (Wildman–Crippen LogP) is 1.28. The van der Waals surface area contributed by atoms with Gasteiger partial charge < -0.3 is 9.84 Å². The molecule has 0 saturated carbocycles. The first-order chi connectivity index (χ1) is 9.64. The summed E-state index contributed by atoms with van der Waals surface area (Å²) >= 11 is 0. The molecule has 1 aromatic heterocycles. The van der Waals surface area contributed by atoms with E-state index in [4.69, 9.17) is 4.52 Å². The molecule has 21 heavy (non-hydrogen) atoms. The summed E-state index contributed by atoms with van der Waals surface area (Å²) in [7, 11) is -3.38. The van der Waals surface area contributed by atoms with Crippen LogP contribution in [-0.4, -0.2) is 33.2 Å². The highest BCUT2D eigenvalue weighted by atomic mass is 35.5. The first kappa shape index (κ1) is 16.2. The zero-order chi connectivity index (χ0) is 14.0. The van der Waals surface area contributed by atoms with Gasteiger partial charge >= 0.3 is 0 Å². The lowest BCUT2D eigenvalue weighted by atomic mass is 10.1. The number of rotatable bonds is 5. The second-order valence-electron chi connectivity index (χ2n) is 5.09. The molecule has 1 saturated heterocycles. The average molecular weight is 332 g/mol. The van der Waals surface area contributed by atoms with Crippen molar-refractivity contribution in [1.82, 2.24) is 15.2 Å². The standard InChI is InChI=1S/C13H17N3O3S.ClH/c17-20(18,15-8-10-5-6-14-7-10)9-12-11-3-1-2-4-13(11)19-16-12;/h1-4,10,14-15H,5-9H2;1H. The lowest BCUT2D eigenvalue weighted by Crippen LogP contribution is -2.31. The van der Waals surface area contributed by atoms with Gasteiger partial charge in [-0.15, -0.1) is 12.4 Å². The molecule has 0 bridgehead atoms. The number of nitrogens with one attached hydrogen (secondary N) is 2. The molecule has 0 radical (unpaired) electrons. The van der Waals surface area contributed by atoms with Gasteiger partial charge in [0.05, 0.1) is 0 Å². The van der Waals surface area contributed by atoms with Gasteiger partial charge in [-0.05, 0) is 37.6 Å². The summed E-state index contributed by atoms with van der Waals surface area (Å²) in [5.74, 6) is 0.225. The Morgan fingerprint density at radius 2 is 2.19 bits per heavy atom. The van der Waals surface area contributed by atoms with E-state index in [1.807, 2.05) is 18.2 Å². The van der Waals surface area contributed by atoms with Crippen LogP contribution in [0.1, 0.15) is 12.1 Å². The molecule has 1 aromatic carbocycles. The van der Waals surface area contributed by atoms with Crippen LogP contribution in [0.3, 0.4) is 0 Å². The minimum atomic E-state index is -3.38. The number of hydrogen-bond acceptors (Lipinski definition) is 5. The maximum atomic E-state index is 12.1. The van der Waals surface area contributed by atoms with Crippen LogP contribution in [0.5, 0.6) is 0 Å². The minimum absolute atomic E-state index is 0. The van der Waals surface area contributed by atoms with Crippen LogP contribution in [-0.2, 0) is 15.8 Å². The number of halogens is 1. The molecule has 8 heteroatoms. The fourth-order valence-corrected chi connectivity index (χ4v) is 3.57. The third-order valence-electron chi connectivity index (χ3n) is 3.53. The van der Waals surface area contributed by atoms with E-state index in [0.29, 0.717) is 23.7 Å². The van der Waals surface area contributed by atoms with Crippen molar-refractivity contribution in [1.29, 1.82) is 0 Å². The summed E-state index contributed by atoms with van der Waals surface area (Å²) in [6.07, 6.45) is 1.01. The molecule has 0 amide bonds. The van der Waals surface area contributed by atoms with E-state index in [-0.39, 0.29) is 18.2 Å². The molecule has 0 aliphatic carbocycles. The van der Waals surface area contributed by atoms with Crippen molar-refractivity contribution in [3.05, 3.63) is 30.0 Å². The zero-order valence-electron chi connectivity index (χ0n) is 11.4. The maximum absolute atomic E-state index is 12.1. The molecular formula is C13H18ClN3O3S. The largest absolute Gasteiger partial charge is 0.356 e. The highest BCUT2D eigenvalue weighted by molar-refractivity contribution is 7.88. The van der Waals surface area contributed by atoms with Gasteiger partial charge in [0.1, 0.15) is 11.4 Å². The van der Waals surface area contributed by atoms with E-state index in [9.17, 15) is 8.42 Å². The quantitative estimate of drug-likeness (QED) is 0.862. The number of hydrogen-bond donors (Lipinski definition) is 2. The van der Waals surface area contributed by atoms with Crippen LogP contribution in [0.25, 0.3) is 11.0 Å². The number of sulfonamides is 1. The normalized spacial score (nSPS) is 18.8. The smallest absolute Gasteiger partial charge is 0.217 e. The molecule has 6 nitrogen and oxygen atoms in total. The summed E-state index contributed by atoms with van der Waals surface area (Å²) in [4.78, 5) is 0. The Labute approximate surface area is 129 Å². The molecule has 2 aromatic rings. The fourth-order valence-electron chi connectivity index (χ4n) is 2.41. The van der Waals surface area contributed by atoms with Gasteiger partial charge in [-0.25, -0.2) is 13.1 Å². The number of aromatic nitrogens is 1. The first-order valence-corrected chi connectivity index (χ1v) is 8.31. The summed E-state index contributed by atoms with van der Waals surface area (Å²) in [6, 6.07) is 7.26. The van der Waals surface area contributed by atoms with Crippen LogP contribution < -0.4 is 10.0 Å². The van der Waals surface area contributed by atoms with Gasteiger partial charge in [-0.1, -0.05) is 17.3 Å². The van der Waals surface area contributed by atoms with E-state index in [1.54, 1.807) is 6.07 Å². The molecule has 1 fully saturated rings. The van der Waals surface area contributed by atoms with Crippen LogP contribution in [0.2, 0.25) is 0 Å². The number of nitrogens with zero attached hydrogens (tertiary/aromatic N) is 1. The summed E-state index contributed by atoms with van der Waals surface area (Å²) in [5, 5.41) is 7.82. The van der Waals surface area contributed by atoms with Crippen molar-refractivity contribution in [2.75, 3.05) is 19.6 Å². The third-order valence-corrected chi connectivity index (χ3v) is 4.79. The lowest BCUT2D eigenvalue weighted by molar-refractivity contribution is 0.448. The first-order valence-electron chi connectivity index (χ1n) is 6.65. The number of benzene rings is 1. The van der Waals surface area contributed by atoms with E-state index in [2.05, 4.69) is 15.2 Å². The van der Waals surface area contributed by atoms with Gasteiger partial charge in [0, 0.05) is 11.9 Å². The Kier molecular flexibility index (Phi) is 5.21. The second-order valence-corrected chi connectivity index (χ2v) is 6.90. The highest BCUT2D eigenvalue weighted by Crippen LogP contribution is 2.19. The summed E-state index contributed by atoms with van der Waals surface area (Å²) in [5.41, 5.74) is 1.07. The molecule has 1 aliphatic heterocycles. The van der Waals surface area contributed by atoms with Crippen molar-refractivity contribution in [2.45, 2.75) is 12.2 Å². The van der Waals surface area contributed by atoms with Crippen molar-refractivity contribution in [2.24, 2.45) is 5.92 Å². The summed E-state index contributed by atoms with van der Waals surface area (Å²) in [6.45, 7) is 2.31. The van der Waals surface area contributed by atoms with E-state index < -0.39 is 10.0 Å². The van der Waals surface area contributed by atoms with Crippen LogP contribution in [0.4, 0.5) is 0 Å². The van der Waals surface area contributed by atoms with Crippen LogP contribution in [0.15, 0.2) is 28.8 Å². The van der Waals surface area contributed by atoms with Gasteiger partial charge in [-0.3, -0.25) is 0 Å². The topological polar surface area (TPSA) is 84.2 Å². The molecule has 1 aliphatic rings. The minimum Gasteiger partial charge on any atom is -0.356 e. The third kappa shape index (κ3) is 3.94. The molecular weight excluding hydrogens is 314 g/mol. The van der Waals surface area contributed by atoms with E-state index in [0.717, 1.165) is 24.9 Å². The molecule has 2 N–H and O–H groups in total. The molecule has 1 atom stereocenters. The Morgan fingerprint density at radius 3 is 2.95 bits per heavy atom. The lowest BCUT2D eigenvalue weighted by Gasteiger charge is -2.09. The fraction of sp³-hybridized carbons (Fsp3) is 0.462. The monoisotopic (exact) mass is 331 g/mol. The van der Waals surface area contributed by atoms with Crippen molar-refractivity contribution in [3.63, 3.8) is 0 Å². The maximum Gasteiger partial charge on any atom is 0.217 e. The molecule has 1 unspecified atom stereocenters. The van der Waals surface area contributed by atoms with E-state index in [1.165, 1.54) is 0 Å². The second kappa shape index (κ2) is 6.74. The van der Waals surface area contributed by atoms with Crippen LogP contribution in [0, 0.1) is 5.92 Å². The highest BCUT2D eigenvalue weighted by Gasteiger charge is 2.20. The van der Waals surface area contributed by atoms with Gasteiger partial charge in [0.25, 0.3) is 0 Å². The van der Waals surface area contributed by atoms with Gasteiger partial charge in [-0.2, -0.15) is 0 Å². The van der Waals surface area contributed by atoms with E-state index >= 15 is 0 Å². The van der Waals surface area contributed by atoms with Crippen molar-refractivity contribution < 1.29 is 12.9 Å². The predicted molar refractivity (Wildman–Crippen MR) is 82.9 cm³/mol. The Bertz CT molecular complexity index is 696. The Balaban J connectivity index is 0.00000161. The number of fused-ring (bicyclic) bond motifs is 1. The molecule has 116 valence electrons. The molecule has 2 heterocycles. The van der Waals surface area contributed by atoms with Crippen molar-refractivity contribution in [3.8, 4) is 0 Å². The molecule has 3 rings (SSSR count). The number of para-hydroxylation sites is 1. The van der Waals surface area contributed by atoms with Gasteiger partial charge in [0.15, 0.2) is 5.58 Å². The zero-order valence-corrected chi connectivity index (χ0v) is 13.0. The average Bonchev–Trinajstić information content (AvgIpc) is 3.07. The SMILES string of the molecule is Cl.O=S(=O)(Cc1noc2ccccc12)NCC1CCNC1. The van der Waals surface area contributed by atoms with Crippen LogP contribution >= 0.6 is 12.4 Å². The van der Waals surface area contributed by atoms with Gasteiger partial charge in [0.2, 0.25) is 10.0 Å².